The van der Waals surface area contributed by atoms with Crippen LogP contribution in [0.4, 0.5) is 5.69 Å². The number of H-pyrrole nitrogens is 1. The molecule has 0 saturated heterocycles. The number of nitrogens with one attached hydrogen (secondary N) is 2. The van der Waals surface area contributed by atoms with E-state index >= 15 is 0 Å². The Kier molecular flexibility index (Phi) is 3.05. The highest BCUT2D eigenvalue weighted by atomic mass is 79.9. The number of aromatic amines is 1. The van der Waals surface area contributed by atoms with Gasteiger partial charge in [0.25, 0.3) is 5.91 Å². The lowest BCUT2D eigenvalue weighted by molar-refractivity contribution is 0.102. The lowest BCUT2D eigenvalue weighted by Crippen LogP contribution is -2.12. The molecular weight excluding hydrogens is 306 g/mol. The number of rotatable bonds is 2. The molecule has 0 aliphatic rings. The van der Waals surface area contributed by atoms with Gasteiger partial charge in [-0.15, -0.1) is 0 Å². The molecule has 1 aromatic carbocycles. The minimum atomic E-state index is -0.179. The van der Waals surface area contributed by atoms with Gasteiger partial charge in [0.1, 0.15) is 5.69 Å². The summed E-state index contributed by atoms with van der Waals surface area (Å²) in [5, 5.41) is 3.80. The predicted molar refractivity (Wildman–Crippen MR) is 78.2 cm³/mol. The van der Waals surface area contributed by atoms with E-state index in [-0.39, 0.29) is 5.91 Å². The Morgan fingerprint density at radius 3 is 2.95 bits per heavy atom. The topological polar surface area (TPSA) is 57.8 Å². The van der Waals surface area contributed by atoms with Crippen molar-refractivity contribution in [3.05, 3.63) is 59.0 Å². The Bertz CT molecular complexity index is 746. The molecule has 0 aliphatic heterocycles. The zero-order valence-corrected chi connectivity index (χ0v) is 11.4. The molecule has 94 valence electrons. The van der Waals surface area contributed by atoms with E-state index in [9.17, 15) is 4.79 Å². The number of pyridine rings is 1. The van der Waals surface area contributed by atoms with Crippen molar-refractivity contribution in [3.8, 4) is 0 Å². The number of amides is 1. The van der Waals surface area contributed by atoms with Crippen LogP contribution in [0, 0.1) is 0 Å². The van der Waals surface area contributed by atoms with Crippen molar-refractivity contribution in [1.29, 1.82) is 0 Å². The number of fused-ring (bicyclic) bond motifs is 1. The zero-order chi connectivity index (χ0) is 13.2. The van der Waals surface area contributed by atoms with E-state index in [1.54, 1.807) is 18.5 Å². The van der Waals surface area contributed by atoms with Gasteiger partial charge < -0.3 is 10.3 Å². The van der Waals surface area contributed by atoms with Crippen molar-refractivity contribution in [2.24, 2.45) is 0 Å². The van der Waals surface area contributed by atoms with Gasteiger partial charge in [-0.05, 0) is 46.3 Å². The van der Waals surface area contributed by atoms with E-state index in [1.807, 2.05) is 30.3 Å². The second-order valence-electron chi connectivity index (χ2n) is 4.06. The van der Waals surface area contributed by atoms with Crippen LogP contribution in [0.1, 0.15) is 10.5 Å². The highest BCUT2D eigenvalue weighted by Crippen LogP contribution is 2.22. The van der Waals surface area contributed by atoms with E-state index in [1.165, 1.54) is 0 Å². The van der Waals surface area contributed by atoms with Crippen molar-refractivity contribution in [3.63, 3.8) is 0 Å². The second-order valence-corrected chi connectivity index (χ2v) is 4.98. The molecule has 0 aliphatic carbocycles. The molecule has 0 bridgehead atoms. The van der Waals surface area contributed by atoms with E-state index in [2.05, 4.69) is 31.2 Å². The number of carbonyl (C=O) groups excluding carboxylic acids is 1. The predicted octanol–water partition coefficient (Wildman–Crippen LogP) is 3.58. The number of aromatic nitrogens is 2. The van der Waals surface area contributed by atoms with Crippen molar-refractivity contribution in [2.75, 3.05) is 5.32 Å². The highest BCUT2D eigenvalue weighted by Gasteiger charge is 2.10. The van der Waals surface area contributed by atoms with Gasteiger partial charge in [0.15, 0.2) is 0 Å². The standard InChI is InChI=1S/C14H10BrN3O/c15-9-7-13(17-8-9)14(19)18-12-5-1-4-11-10(12)3-2-6-16-11/h1-8,17H,(H,18,19). The lowest BCUT2D eigenvalue weighted by atomic mass is 10.2. The number of benzene rings is 1. The van der Waals surface area contributed by atoms with E-state index in [0.29, 0.717) is 5.69 Å². The molecule has 1 amide bonds. The van der Waals surface area contributed by atoms with E-state index in [0.717, 1.165) is 21.1 Å². The van der Waals surface area contributed by atoms with Crippen LogP contribution in [-0.4, -0.2) is 15.9 Å². The van der Waals surface area contributed by atoms with Crippen LogP contribution in [0.5, 0.6) is 0 Å². The molecule has 0 fully saturated rings. The lowest BCUT2D eigenvalue weighted by Gasteiger charge is -2.07. The molecule has 2 N–H and O–H groups in total. The Morgan fingerprint density at radius 2 is 2.16 bits per heavy atom. The molecule has 3 rings (SSSR count). The Labute approximate surface area is 118 Å². The third-order valence-corrected chi connectivity index (χ3v) is 3.24. The number of hydrogen-bond donors (Lipinski definition) is 2. The van der Waals surface area contributed by atoms with Gasteiger partial charge in [-0.25, -0.2) is 0 Å². The molecule has 2 aromatic heterocycles. The van der Waals surface area contributed by atoms with E-state index < -0.39 is 0 Å². The fourth-order valence-corrected chi connectivity index (χ4v) is 2.24. The molecule has 0 spiro atoms. The summed E-state index contributed by atoms with van der Waals surface area (Å²) in [6.07, 6.45) is 3.45. The van der Waals surface area contributed by atoms with Gasteiger partial charge in [0.2, 0.25) is 0 Å². The quantitative estimate of drug-likeness (QED) is 0.759. The maximum absolute atomic E-state index is 12.1. The first-order valence-electron chi connectivity index (χ1n) is 5.73. The monoisotopic (exact) mass is 315 g/mol. The summed E-state index contributed by atoms with van der Waals surface area (Å²) in [5.74, 6) is -0.179. The first-order valence-corrected chi connectivity index (χ1v) is 6.52. The summed E-state index contributed by atoms with van der Waals surface area (Å²) < 4.78 is 0.845. The zero-order valence-electron chi connectivity index (χ0n) is 9.85. The molecule has 2 heterocycles. The molecule has 5 heteroatoms. The van der Waals surface area contributed by atoms with Crippen LogP contribution in [0.15, 0.2) is 53.3 Å². The molecule has 0 saturated carbocycles. The smallest absolute Gasteiger partial charge is 0.272 e. The summed E-state index contributed by atoms with van der Waals surface area (Å²) in [7, 11) is 0. The third kappa shape index (κ3) is 2.37. The number of hydrogen-bond acceptors (Lipinski definition) is 2. The Balaban J connectivity index is 1.95. The average Bonchev–Trinajstić information content (AvgIpc) is 2.86. The SMILES string of the molecule is O=C(Nc1cccc2ncccc12)c1cc(Br)c[nH]1. The molecule has 19 heavy (non-hydrogen) atoms. The fraction of sp³-hybridized carbons (Fsp3) is 0. The minimum absolute atomic E-state index is 0.179. The first-order chi connectivity index (χ1) is 9.24. The van der Waals surface area contributed by atoms with Crippen molar-refractivity contribution in [2.45, 2.75) is 0 Å². The van der Waals surface area contributed by atoms with Gasteiger partial charge in [-0.2, -0.15) is 0 Å². The third-order valence-electron chi connectivity index (χ3n) is 2.79. The Morgan fingerprint density at radius 1 is 1.26 bits per heavy atom. The number of halogens is 1. The fourth-order valence-electron chi connectivity index (χ4n) is 1.90. The number of anilines is 1. The average molecular weight is 316 g/mol. The summed E-state index contributed by atoms with van der Waals surface area (Å²) in [5.41, 5.74) is 2.11. The highest BCUT2D eigenvalue weighted by molar-refractivity contribution is 9.10. The van der Waals surface area contributed by atoms with Gasteiger partial charge >= 0.3 is 0 Å². The molecule has 4 nitrogen and oxygen atoms in total. The Hall–Kier alpha value is -2.14. The normalized spacial score (nSPS) is 10.6. The summed E-state index contributed by atoms with van der Waals surface area (Å²) in [6, 6.07) is 11.2. The number of nitrogens with zero attached hydrogens (tertiary/aromatic N) is 1. The van der Waals surface area contributed by atoms with Crippen LogP contribution in [0.3, 0.4) is 0 Å². The van der Waals surface area contributed by atoms with Gasteiger partial charge in [-0.3, -0.25) is 9.78 Å². The van der Waals surface area contributed by atoms with Crippen LogP contribution in [-0.2, 0) is 0 Å². The van der Waals surface area contributed by atoms with Crippen LogP contribution in [0.25, 0.3) is 10.9 Å². The summed E-state index contributed by atoms with van der Waals surface area (Å²) in [6.45, 7) is 0. The van der Waals surface area contributed by atoms with Crippen molar-refractivity contribution in [1.82, 2.24) is 9.97 Å². The van der Waals surface area contributed by atoms with Gasteiger partial charge in [-0.1, -0.05) is 6.07 Å². The molecule has 0 unspecified atom stereocenters. The molecule has 0 atom stereocenters. The largest absolute Gasteiger partial charge is 0.356 e. The van der Waals surface area contributed by atoms with Crippen LogP contribution < -0.4 is 5.32 Å². The summed E-state index contributed by atoms with van der Waals surface area (Å²) >= 11 is 3.30. The van der Waals surface area contributed by atoms with Crippen molar-refractivity contribution >= 4 is 38.4 Å². The van der Waals surface area contributed by atoms with Crippen LogP contribution >= 0.6 is 15.9 Å². The summed E-state index contributed by atoms with van der Waals surface area (Å²) in [4.78, 5) is 19.2. The van der Waals surface area contributed by atoms with Gasteiger partial charge in [0, 0.05) is 22.3 Å². The maximum Gasteiger partial charge on any atom is 0.272 e. The molecular formula is C14H10BrN3O. The van der Waals surface area contributed by atoms with Crippen molar-refractivity contribution < 1.29 is 4.79 Å². The second kappa shape index (κ2) is 4.85. The minimum Gasteiger partial charge on any atom is -0.356 e. The van der Waals surface area contributed by atoms with Crippen LogP contribution in [0.2, 0.25) is 0 Å². The molecule has 0 radical (unpaired) electrons. The van der Waals surface area contributed by atoms with Gasteiger partial charge in [0.05, 0.1) is 11.2 Å². The number of carbonyl (C=O) groups is 1. The molecule has 3 aromatic rings. The van der Waals surface area contributed by atoms with E-state index in [4.69, 9.17) is 0 Å². The maximum atomic E-state index is 12.1. The first kappa shape index (κ1) is 11.9.